The summed E-state index contributed by atoms with van der Waals surface area (Å²) in [6.45, 7) is 8.37. The van der Waals surface area contributed by atoms with E-state index in [1.54, 1.807) is 11.0 Å². The lowest BCUT2D eigenvalue weighted by Gasteiger charge is -2.37. The van der Waals surface area contributed by atoms with Crippen LogP contribution in [0, 0.1) is 15.9 Å². The molecule has 0 spiro atoms. The third-order valence-electron chi connectivity index (χ3n) is 4.14. The topological polar surface area (TPSA) is 75.9 Å². The van der Waals surface area contributed by atoms with Crippen molar-refractivity contribution in [2.45, 2.75) is 33.2 Å². The number of nitro groups is 1. The number of halogens is 1. The molecule has 1 aliphatic rings. The van der Waals surface area contributed by atoms with Gasteiger partial charge in [-0.25, -0.2) is 4.79 Å². The molecule has 1 aliphatic heterocycles. The minimum absolute atomic E-state index is 0.0197. The lowest BCUT2D eigenvalue weighted by Crippen LogP contribution is -2.51. The van der Waals surface area contributed by atoms with Crippen molar-refractivity contribution in [3.63, 3.8) is 0 Å². The molecule has 140 valence electrons. The molecule has 7 nitrogen and oxygen atoms in total. The monoisotopic (exact) mass is 355 g/mol. The molecular formula is C17H26FN3O4. The van der Waals surface area contributed by atoms with Gasteiger partial charge >= 0.3 is 11.8 Å². The number of hydrogen-bond acceptors (Lipinski definition) is 5. The Hall–Kier alpha value is -2.22. The van der Waals surface area contributed by atoms with Crippen molar-refractivity contribution >= 4 is 11.8 Å². The van der Waals surface area contributed by atoms with E-state index in [4.69, 9.17) is 0 Å². The van der Waals surface area contributed by atoms with Crippen LogP contribution >= 0.6 is 0 Å². The van der Waals surface area contributed by atoms with Crippen molar-refractivity contribution in [2.75, 3.05) is 33.3 Å². The van der Waals surface area contributed by atoms with E-state index < -0.39 is 16.4 Å². The quantitative estimate of drug-likeness (QED) is 0.613. The minimum Gasteiger partial charge on any atom is -0.453 e. The lowest BCUT2D eigenvalue weighted by atomic mass is 10.0. The van der Waals surface area contributed by atoms with Gasteiger partial charge < -0.3 is 9.64 Å². The summed E-state index contributed by atoms with van der Waals surface area (Å²) < 4.78 is 18.8. The fourth-order valence-corrected chi connectivity index (χ4v) is 2.79. The summed E-state index contributed by atoms with van der Waals surface area (Å²) >= 11 is 0. The van der Waals surface area contributed by atoms with Crippen molar-refractivity contribution in [1.82, 2.24) is 9.80 Å². The van der Waals surface area contributed by atoms with Crippen molar-refractivity contribution in [2.24, 2.45) is 0 Å². The number of benzene rings is 1. The van der Waals surface area contributed by atoms with E-state index in [2.05, 4.69) is 9.64 Å². The zero-order valence-electron chi connectivity index (χ0n) is 15.2. The number of piperazine rings is 1. The van der Waals surface area contributed by atoms with Crippen LogP contribution in [0.3, 0.4) is 0 Å². The van der Waals surface area contributed by atoms with E-state index in [-0.39, 0.29) is 12.1 Å². The number of carbonyl (C=O) groups is 1. The Bertz CT molecular complexity index is 589. The summed E-state index contributed by atoms with van der Waals surface area (Å²) in [5.41, 5.74) is -0.160. The average molecular weight is 355 g/mol. The molecule has 0 radical (unpaired) electrons. The van der Waals surface area contributed by atoms with Crippen LogP contribution in [0.15, 0.2) is 18.2 Å². The van der Waals surface area contributed by atoms with Crippen LogP contribution in [0.2, 0.25) is 0 Å². The van der Waals surface area contributed by atoms with E-state index in [0.717, 1.165) is 0 Å². The molecule has 1 aromatic carbocycles. The van der Waals surface area contributed by atoms with Gasteiger partial charge in [0.05, 0.1) is 12.0 Å². The van der Waals surface area contributed by atoms with Gasteiger partial charge in [-0.2, -0.15) is 4.39 Å². The zero-order valence-corrected chi connectivity index (χ0v) is 15.2. The van der Waals surface area contributed by atoms with Crippen LogP contribution in [0.1, 0.15) is 26.3 Å². The van der Waals surface area contributed by atoms with E-state index in [0.29, 0.717) is 38.2 Å². The molecule has 1 amide bonds. The van der Waals surface area contributed by atoms with E-state index >= 15 is 0 Å². The number of ether oxygens (including phenoxy) is 1. The molecule has 25 heavy (non-hydrogen) atoms. The third-order valence-corrected chi connectivity index (χ3v) is 4.14. The van der Waals surface area contributed by atoms with E-state index in [1.165, 1.54) is 19.2 Å². The number of nitro benzene ring substituents is 1. The second kappa shape index (κ2) is 9.93. The maximum absolute atomic E-state index is 14.1. The number of hydrogen-bond donors (Lipinski definition) is 0. The highest BCUT2D eigenvalue weighted by Gasteiger charge is 2.26. The van der Waals surface area contributed by atoms with Gasteiger partial charge in [-0.3, -0.25) is 15.0 Å². The van der Waals surface area contributed by atoms with Crippen LogP contribution in [0.5, 0.6) is 0 Å². The van der Waals surface area contributed by atoms with Crippen molar-refractivity contribution in [3.8, 4) is 0 Å². The van der Waals surface area contributed by atoms with Crippen molar-refractivity contribution < 1.29 is 18.8 Å². The maximum atomic E-state index is 14.1. The Morgan fingerprint density at radius 3 is 2.44 bits per heavy atom. The molecule has 2 rings (SSSR count). The molecule has 1 atom stereocenters. The number of methoxy groups -OCH3 is 1. The van der Waals surface area contributed by atoms with E-state index in [9.17, 15) is 19.3 Å². The SMILES string of the molecule is CC.COC(=O)N1CCN([C@@H](C)Cc2cccc([N+](=O)[O-])c2F)CC1. The first-order chi connectivity index (χ1) is 11.9. The Kier molecular flexibility index (Phi) is 8.27. The summed E-state index contributed by atoms with van der Waals surface area (Å²) in [5, 5.41) is 10.8. The summed E-state index contributed by atoms with van der Waals surface area (Å²) in [4.78, 5) is 25.3. The first kappa shape index (κ1) is 20.8. The highest BCUT2D eigenvalue weighted by Crippen LogP contribution is 2.22. The predicted molar refractivity (Wildman–Crippen MR) is 93.1 cm³/mol. The Balaban J connectivity index is 0.00000151. The molecule has 1 fully saturated rings. The van der Waals surface area contributed by atoms with Crippen LogP contribution < -0.4 is 0 Å². The van der Waals surface area contributed by atoms with Gasteiger partial charge in [0, 0.05) is 38.3 Å². The van der Waals surface area contributed by atoms with Crippen LogP contribution in [0.4, 0.5) is 14.9 Å². The normalized spacial score (nSPS) is 15.8. The van der Waals surface area contributed by atoms with Gasteiger partial charge in [0.2, 0.25) is 5.82 Å². The molecule has 1 aromatic rings. The summed E-state index contributed by atoms with van der Waals surface area (Å²) in [7, 11) is 1.35. The van der Waals surface area contributed by atoms with Crippen molar-refractivity contribution in [3.05, 3.63) is 39.7 Å². The summed E-state index contributed by atoms with van der Waals surface area (Å²) in [6.07, 6.45) is 0.0354. The first-order valence-corrected chi connectivity index (χ1v) is 8.42. The Morgan fingerprint density at radius 1 is 1.32 bits per heavy atom. The standard InChI is InChI=1S/C15H20FN3O4.C2H6/c1-11(17-6-8-18(9-7-17)15(20)23-2)10-12-4-3-5-13(14(12)16)19(21)22;1-2/h3-5,11H,6-10H2,1-2H3;1-2H3/t11-;/m0./s1. The largest absolute Gasteiger partial charge is 0.453 e. The maximum Gasteiger partial charge on any atom is 0.409 e. The second-order valence-electron chi connectivity index (χ2n) is 5.55. The van der Waals surface area contributed by atoms with Gasteiger partial charge in [-0.1, -0.05) is 26.0 Å². The number of rotatable bonds is 4. The highest BCUT2D eigenvalue weighted by atomic mass is 19.1. The van der Waals surface area contributed by atoms with Crippen LogP contribution in [0.25, 0.3) is 0 Å². The number of nitrogens with zero attached hydrogens (tertiary/aromatic N) is 3. The first-order valence-electron chi connectivity index (χ1n) is 8.42. The Labute approximate surface area is 147 Å². The predicted octanol–water partition coefficient (Wildman–Crippen LogP) is 3.08. The summed E-state index contributed by atoms with van der Waals surface area (Å²) in [5.74, 6) is -0.766. The smallest absolute Gasteiger partial charge is 0.409 e. The van der Waals surface area contributed by atoms with Gasteiger partial charge in [0.15, 0.2) is 0 Å². The summed E-state index contributed by atoms with van der Waals surface area (Å²) in [6, 6.07) is 4.26. The Morgan fingerprint density at radius 2 is 1.92 bits per heavy atom. The molecule has 0 bridgehead atoms. The fraction of sp³-hybridized carbons (Fsp3) is 0.588. The molecule has 0 N–H and O–H groups in total. The van der Waals surface area contributed by atoms with Gasteiger partial charge in [0.1, 0.15) is 0 Å². The number of carbonyl (C=O) groups excluding carboxylic acids is 1. The third kappa shape index (κ3) is 5.38. The highest BCUT2D eigenvalue weighted by molar-refractivity contribution is 5.67. The van der Waals surface area contributed by atoms with E-state index in [1.807, 2.05) is 20.8 Å². The lowest BCUT2D eigenvalue weighted by molar-refractivity contribution is -0.387. The molecule has 1 saturated heterocycles. The zero-order chi connectivity index (χ0) is 19.0. The number of amides is 1. The molecule has 0 saturated carbocycles. The van der Waals surface area contributed by atoms with Crippen molar-refractivity contribution in [1.29, 1.82) is 0 Å². The van der Waals surface area contributed by atoms with Crippen LogP contribution in [-0.2, 0) is 11.2 Å². The fourth-order valence-electron chi connectivity index (χ4n) is 2.79. The molecular weight excluding hydrogens is 329 g/mol. The molecule has 0 unspecified atom stereocenters. The van der Waals surface area contributed by atoms with Gasteiger partial charge in [-0.05, 0) is 18.9 Å². The second-order valence-corrected chi connectivity index (χ2v) is 5.55. The molecule has 0 aromatic heterocycles. The minimum atomic E-state index is -0.766. The molecule has 1 heterocycles. The van der Waals surface area contributed by atoms with Crippen LogP contribution in [-0.4, -0.2) is 60.1 Å². The van der Waals surface area contributed by atoms with Gasteiger partial charge in [0.25, 0.3) is 0 Å². The average Bonchev–Trinajstić information content (AvgIpc) is 2.64. The van der Waals surface area contributed by atoms with Gasteiger partial charge in [-0.15, -0.1) is 0 Å². The molecule has 8 heteroatoms. The molecule has 0 aliphatic carbocycles.